The third-order valence-corrected chi connectivity index (χ3v) is 2.95. The van der Waals surface area contributed by atoms with E-state index in [0.717, 1.165) is 6.26 Å². The lowest BCUT2D eigenvalue weighted by molar-refractivity contribution is -0.165. The largest absolute Gasteiger partial charge is 0.479 e. The molecule has 106 valence electrons. The van der Waals surface area contributed by atoms with Gasteiger partial charge in [-0.1, -0.05) is 0 Å². The van der Waals surface area contributed by atoms with Gasteiger partial charge in [0.05, 0.1) is 19.0 Å². The minimum atomic E-state index is -3.46. The molecule has 0 saturated carbocycles. The average molecular weight is 282 g/mol. The van der Waals surface area contributed by atoms with Gasteiger partial charge >= 0.3 is 5.97 Å². The summed E-state index contributed by atoms with van der Waals surface area (Å²) in [4.78, 5) is 11.0. The molecule has 0 amide bonds. The summed E-state index contributed by atoms with van der Waals surface area (Å²) in [5, 5.41) is 8.97. The minimum Gasteiger partial charge on any atom is -0.479 e. The van der Waals surface area contributed by atoms with Crippen molar-refractivity contribution in [3.63, 3.8) is 0 Å². The SMILES string of the molecule is CC1(C)OC(CCCOS(C)(=O)=O)C(C(=O)O)O1. The van der Waals surface area contributed by atoms with Crippen LogP contribution in [0.15, 0.2) is 0 Å². The Morgan fingerprint density at radius 3 is 2.50 bits per heavy atom. The molecule has 8 heteroatoms. The molecule has 1 aliphatic heterocycles. The van der Waals surface area contributed by atoms with E-state index in [1.165, 1.54) is 0 Å². The van der Waals surface area contributed by atoms with E-state index in [4.69, 9.17) is 14.6 Å². The van der Waals surface area contributed by atoms with Crippen LogP contribution in [0.1, 0.15) is 26.7 Å². The van der Waals surface area contributed by atoms with E-state index in [-0.39, 0.29) is 6.61 Å². The zero-order valence-corrected chi connectivity index (χ0v) is 11.4. The maximum absolute atomic E-state index is 11.0. The van der Waals surface area contributed by atoms with Gasteiger partial charge in [-0.2, -0.15) is 8.42 Å². The lowest BCUT2D eigenvalue weighted by atomic mass is 10.1. The Hall–Kier alpha value is -0.700. The summed E-state index contributed by atoms with van der Waals surface area (Å²) in [6.45, 7) is 3.28. The summed E-state index contributed by atoms with van der Waals surface area (Å²) in [5.74, 6) is -2.03. The second-order valence-corrected chi connectivity index (χ2v) is 6.25. The van der Waals surface area contributed by atoms with Crippen LogP contribution < -0.4 is 0 Å². The molecule has 0 radical (unpaired) electrons. The standard InChI is InChI=1S/C10H18O7S/c1-10(2)16-7(8(17-10)9(11)12)5-4-6-15-18(3,13)14/h7-8H,4-6H2,1-3H3,(H,11,12). The Balaban J connectivity index is 2.43. The van der Waals surface area contributed by atoms with Gasteiger partial charge in [-0.05, 0) is 26.7 Å². The fourth-order valence-corrected chi connectivity index (χ4v) is 2.17. The summed E-state index contributed by atoms with van der Waals surface area (Å²) in [7, 11) is -3.46. The quantitative estimate of drug-likeness (QED) is 0.554. The van der Waals surface area contributed by atoms with Crippen molar-refractivity contribution in [3.05, 3.63) is 0 Å². The summed E-state index contributed by atoms with van der Waals surface area (Å²) < 4.78 is 36.7. The van der Waals surface area contributed by atoms with Crippen LogP contribution in [0.2, 0.25) is 0 Å². The predicted octanol–water partition coefficient (Wildman–Crippen LogP) is 0.347. The van der Waals surface area contributed by atoms with Crippen LogP contribution in [0.5, 0.6) is 0 Å². The first-order valence-corrected chi connectivity index (χ1v) is 7.35. The zero-order chi connectivity index (χ0) is 14.0. The van der Waals surface area contributed by atoms with Gasteiger partial charge in [0, 0.05) is 0 Å². The third-order valence-electron chi connectivity index (χ3n) is 2.36. The molecular formula is C10H18O7S. The van der Waals surface area contributed by atoms with E-state index in [1.807, 2.05) is 0 Å². The summed E-state index contributed by atoms with van der Waals surface area (Å²) >= 11 is 0. The first kappa shape index (κ1) is 15.4. The molecule has 0 aromatic carbocycles. The van der Waals surface area contributed by atoms with Gasteiger partial charge in [-0.3, -0.25) is 4.18 Å². The maximum atomic E-state index is 11.0. The highest BCUT2D eigenvalue weighted by molar-refractivity contribution is 7.85. The Morgan fingerprint density at radius 1 is 1.39 bits per heavy atom. The van der Waals surface area contributed by atoms with Gasteiger partial charge in [0.15, 0.2) is 11.9 Å². The molecule has 1 saturated heterocycles. The Bertz CT molecular complexity index is 400. The molecular weight excluding hydrogens is 264 g/mol. The van der Waals surface area contributed by atoms with Crippen LogP contribution in [0.3, 0.4) is 0 Å². The Morgan fingerprint density at radius 2 is 2.00 bits per heavy atom. The van der Waals surface area contributed by atoms with Crippen LogP contribution in [0.25, 0.3) is 0 Å². The fourth-order valence-electron chi connectivity index (χ4n) is 1.75. The van der Waals surface area contributed by atoms with Crippen LogP contribution in [-0.4, -0.2) is 50.4 Å². The zero-order valence-electron chi connectivity index (χ0n) is 10.6. The first-order chi connectivity index (χ1) is 8.11. The number of rotatable bonds is 6. The molecule has 18 heavy (non-hydrogen) atoms. The van der Waals surface area contributed by atoms with Crippen molar-refractivity contribution >= 4 is 16.1 Å². The monoisotopic (exact) mass is 282 g/mol. The first-order valence-electron chi connectivity index (χ1n) is 5.53. The second-order valence-electron chi connectivity index (χ2n) is 4.60. The highest BCUT2D eigenvalue weighted by atomic mass is 32.2. The van der Waals surface area contributed by atoms with Gasteiger partial charge < -0.3 is 14.6 Å². The number of carboxylic acids is 1. The van der Waals surface area contributed by atoms with Crippen molar-refractivity contribution in [1.29, 1.82) is 0 Å². The smallest absolute Gasteiger partial charge is 0.335 e. The molecule has 0 aromatic rings. The van der Waals surface area contributed by atoms with Crippen molar-refractivity contribution in [2.75, 3.05) is 12.9 Å². The molecule has 0 bridgehead atoms. The van der Waals surface area contributed by atoms with E-state index in [1.54, 1.807) is 13.8 Å². The van der Waals surface area contributed by atoms with Gasteiger partial charge in [0.1, 0.15) is 0 Å². The number of hydrogen-bond acceptors (Lipinski definition) is 6. The van der Waals surface area contributed by atoms with Crippen molar-refractivity contribution in [3.8, 4) is 0 Å². The Labute approximate surface area is 106 Å². The topological polar surface area (TPSA) is 99.1 Å². The number of carbonyl (C=O) groups is 1. The van der Waals surface area contributed by atoms with Gasteiger partial charge in [0.25, 0.3) is 10.1 Å². The fraction of sp³-hybridized carbons (Fsp3) is 0.900. The molecule has 7 nitrogen and oxygen atoms in total. The van der Waals surface area contributed by atoms with E-state index in [9.17, 15) is 13.2 Å². The van der Waals surface area contributed by atoms with Crippen molar-refractivity contribution in [2.45, 2.75) is 44.7 Å². The highest BCUT2D eigenvalue weighted by Crippen LogP contribution is 2.30. The number of ether oxygens (including phenoxy) is 2. The lowest BCUT2D eigenvalue weighted by Gasteiger charge is -2.16. The highest BCUT2D eigenvalue weighted by Gasteiger charge is 2.44. The molecule has 2 unspecified atom stereocenters. The van der Waals surface area contributed by atoms with Gasteiger partial charge in [-0.15, -0.1) is 0 Å². The lowest BCUT2D eigenvalue weighted by Crippen LogP contribution is -2.31. The summed E-state index contributed by atoms with van der Waals surface area (Å²) in [6, 6.07) is 0. The molecule has 0 aromatic heterocycles. The molecule has 1 N–H and O–H groups in total. The molecule has 0 aliphatic carbocycles. The second kappa shape index (κ2) is 5.52. The molecule has 1 fully saturated rings. The van der Waals surface area contributed by atoms with Crippen molar-refractivity contribution < 1.29 is 32.0 Å². The molecule has 2 atom stereocenters. The summed E-state index contributed by atoms with van der Waals surface area (Å²) in [6.07, 6.45) is 0.0706. The van der Waals surface area contributed by atoms with Crippen LogP contribution in [0, 0.1) is 0 Å². The number of hydrogen-bond donors (Lipinski definition) is 1. The number of aliphatic carboxylic acids is 1. The van der Waals surface area contributed by atoms with Crippen LogP contribution >= 0.6 is 0 Å². The van der Waals surface area contributed by atoms with Crippen LogP contribution in [0.4, 0.5) is 0 Å². The molecule has 1 aliphatic rings. The normalized spacial score (nSPS) is 27.3. The van der Waals surface area contributed by atoms with Gasteiger partial charge in [-0.25, -0.2) is 4.79 Å². The third kappa shape index (κ3) is 4.89. The van der Waals surface area contributed by atoms with Gasteiger partial charge in [0.2, 0.25) is 0 Å². The Kier molecular flexibility index (Phi) is 4.71. The average Bonchev–Trinajstić information content (AvgIpc) is 2.47. The van der Waals surface area contributed by atoms with E-state index in [0.29, 0.717) is 12.8 Å². The maximum Gasteiger partial charge on any atom is 0.335 e. The molecule has 0 spiro atoms. The van der Waals surface area contributed by atoms with Crippen molar-refractivity contribution in [1.82, 2.24) is 0 Å². The predicted molar refractivity (Wildman–Crippen MR) is 61.5 cm³/mol. The van der Waals surface area contributed by atoms with E-state index >= 15 is 0 Å². The van der Waals surface area contributed by atoms with E-state index in [2.05, 4.69) is 4.18 Å². The number of carboxylic acid groups (broad SMARTS) is 1. The minimum absolute atomic E-state index is 0.00542. The summed E-state index contributed by atoms with van der Waals surface area (Å²) in [5.41, 5.74) is 0. The van der Waals surface area contributed by atoms with Crippen molar-refractivity contribution in [2.24, 2.45) is 0 Å². The molecule has 1 rings (SSSR count). The van der Waals surface area contributed by atoms with Crippen LogP contribution in [-0.2, 0) is 28.6 Å². The van der Waals surface area contributed by atoms with E-state index < -0.39 is 34.1 Å². The molecule has 1 heterocycles.